The van der Waals surface area contributed by atoms with Gasteiger partial charge in [0.05, 0.1) is 6.20 Å². The highest BCUT2D eigenvalue weighted by atomic mass is 32.2. The van der Waals surface area contributed by atoms with Gasteiger partial charge in [-0.2, -0.15) is 5.10 Å². The number of hydrogen-bond donors (Lipinski definition) is 2. The molecule has 0 fully saturated rings. The second-order valence-electron chi connectivity index (χ2n) is 4.81. The van der Waals surface area contributed by atoms with Gasteiger partial charge in [-0.3, -0.25) is 4.68 Å². The van der Waals surface area contributed by atoms with Crippen molar-refractivity contribution < 1.29 is 13.5 Å². The lowest BCUT2D eigenvalue weighted by atomic mass is 10.0. The van der Waals surface area contributed by atoms with Gasteiger partial charge in [-0.1, -0.05) is 20.3 Å². The fourth-order valence-electron chi connectivity index (χ4n) is 1.62. The van der Waals surface area contributed by atoms with Gasteiger partial charge in [0.1, 0.15) is 4.90 Å². The molecule has 1 rings (SSSR count). The smallest absolute Gasteiger partial charge is 0.243 e. The lowest BCUT2D eigenvalue weighted by Gasteiger charge is -2.19. The minimum atomic E-state index is -3.51. The normalized spacial score (nSPS) is 15.4. The van der Waals surface area contributed by atoms with E-state index < -0.39 is 10.0 Å². The number of aliphatic hydroxyl groups excluding tert-OH is 1. The van der Waals surface area contributed by atoms with Crippen LogP contribution in [0.25, 0.3) is 0 Å². The van der Waals surface area contributed by atoms with Crippen molar-refractivity contribution in [3.63, 3.8) is 0 Å². The van der Waals surface area contributed by atoms with E-state index in [-0.39, 0.29) is 23.5 Å². The molecule has 0 aliphatic carbocycles. The van der Waals surface area contributed by atoms with Crippen LogP contribution >= 0.6 is 0 Å². The summed E-state index contributed by atoms with van der Waals surface area (Å²) in [7, 11) is -3.51. The van der Waals surface area contributed by atoms with Crippen LogP contribution in [-0.2, 0) is 16.6 Å². The van der Waals surface area contributed by atoms with Crippen LogP contribution in [0.1, 0.15) is 33.6 Å². The van der Waals surface area contributed by atoms with Crippen LogP contribution in [0.5, 0.6) is 0 Å². The Bertz CT molecular complexity index is 484. The number of hydrogen-bond acceptors (Lipinski definition) is 4. The van der Waals surface area contributed by atoms with Gasteiger partial charge in [-0.15, -0.1) is 0 Å². The Labute approximate surface area is 114 Å². The summed E-state index contributed by atoms with van der Waals surface area (Å²) in [4.78, 5) is 0.167. The van der Waals surface area contributed by atoms with E-state index in [1.54, 1.807) is 0 Å². The van der Waals surface area contributed by atoms with E-state index in [9.17, 15) is 8.42 Å². The predicted octanol–water partition coefficient (Wildman–Crippen LogP) is 0.978. The van der Waals surface area contributed by atoms with E-state index in [1.807, 2.05) is 20.8 Å². The molecule has 110 valence electrons. The minimum Gasteiger partial charge on any atom is -0.396 e. The van der Waals surface area contributed by atoms with Crippen molar-refractivity contribution in [3.8, 4) is 0 Å². The Kier molecular flexibility index (Phi) is 5.96. The van der Waals surface area contributed by atoms with Gasteiger partial charge in [0.2, 0.25) is 10.0 Å². The van der Waals surface area contributed by atoms with Gasteiger partial charge in [0.15, 0.2) is 0 Å². The largest absolute Gasteiger partial charge is 0.396 e. The summed E-state index contributed by atoms with van der Waals surface area (Å²) in [6, 6.07) is -0.115. The van der Waals surface area contributed by atoms with Crippen molar-refractivity contribution in [2.75, 3.05) is 6.61 Å². The van der Waals surface area contributed by atoms with Crippen LogP contribution in [0.2, 0.25) is 0 Å². The second-order valence-corrected chi connectivity index (χ2v) is 6.53. The highest BCUT2D eigenvalue weighted by molar-refractivity contribution is 7.89. The molecule has 19 heavy (non-hydrogen) atoms. The van der Waals surface area contributed by atoms with E-state index in [4.69, 9.17) is 5.11 Å². The maximum atomic E-state index is 12.1. The Balaban J connectivity index is 2.74. The monoisotopic (exact) mass is 289 g/mol. The molecule has 0 aliphatic rings. The maximum Gasteiger partial charge on any atom is 0.243 e. The average molecular weight is 289 g/mol. The Morgan fingerprint density at radius 3 is 2.74 bits per heavy atom. The standard InChI is InChI=1S/C12H23N3O3S/c1-4-10(2)11(3)14-19(17,18)12-8-13-15(9-12)6-5-7-16/h8-11,14,16H,4-7H2,1-3H3. The Morgan fingerprint density at radius 1 is 1.47 bits per heavy atom. The summed E-state index contributed by atoms with van der Waals surface area (Å²) in [5.74, 6) is 0.277. The topological polar surface area (TPSA) is 84.2 Å². The predicted molar refractivity (Wildman–Crippen MR) is 73.2 cm³/mol. The minimum absolute atomic E-state index is 0.0608. The van der Waals surface area contributed by atoms with Gasteiger partial charge >= 0.3 is 0 Å². The molecule has 2 N–H and O–H groups in total. The third-order valence-electron chi connectivity index (χ3n) is 3.30. The van der Waals surface area contributed by atoms with Gasteiger partial charge in [-0.25, -0.2) is 13.1 Å². The molecule has 0 amide bonds. The van der Waals surface area contributed by atoms with Gasteiger partial charge in [-0.05, 0) is 19.3 Å². The third-order valence-corrected chi connectivity index (χ3v) is 4.82. The molecule has 0 saturated heterocycles. The van der Waals surface area contributed by atoms with Crippen molar-refractivity contribution in [1.29, 1.82) is 0 Å². The van der Waals surface area contributed by atoms with E-state index in [0.29, 0.717) is 13.0 Å². The number of sulfonamides is 1. The van der Waals surface area contributed by atoms with Crippen LogP contribution in [0.3, 0.4) is 0 Å². The Hall–Kier alpha value is -0.920. The van der Waals surface area contributed by atoms with Crippen molar-refractivity contribution in [2.45, 2.75) is 51.1 Å². The first kappa shape index (κ1) is 16.1. The summed E-state index contributed by atoms with van der Waals surface area (Å²) in [6.07, 6.45) is 4.29. The van der Waals surface area contributed by atoms with E-state index in [2.05, 4.69) is 9.82 Å². The molecule has 2 unspecified atom stereocenters. The van der Waals surface area contributed by atoms with Crippen LogP contribution in [0.4, 0.5) is 0 Å². The SMILES string of the molecule is CCC(C)C(C)NS(=O)(=O)c1cnn(CCCO)c1. The summed E-state index contributed by atoms with van der Waals surface area (Å²) in [5.41, 5.74) is 0. The van der Waals surface area contributed by atoms with E-state index in [0.717, 1.165) is 6.42 Å². The van der Waals surface area contributed by atoms with Gasteiger partial charge in [0, 0.05) is 25.4 Å². The van der Waals surface area contributed by atoms with Crippen molar-refractivity contribution in [1.82, 2.24) is 14.5 Å². The Morgan fingerprint density at radius 2 is 2.16 bits per heavy atom. The molecule has 1 aromatic rings. The first-order valence-electron chi connectivity index (χ1n) is 6.56. The summed E-state index contributed by atoms with van der Waals surface area (Å²) >= 11 is 0. The molecule has 1 aromatic heterocycles. The molecule has 0 saturated carbocycles. The molecule has 2 atom stereocenters. The van der Waals surface area contributed by atoms with Gasteiger partial charge < -0.3 is 5.11 Å². The number of aryl methyl sites for hydroxylation is 1. The summed E-state index contributed by atoms with van der Waals surface area (Å²) in [5, 5.41) is 12.7. The van der Waals surface area contributed by atoms with Crippen LogP contribution < -0.4 is 4.72 Å². The lowest BCUT2D eigenvalue weighted by Crippen LogP contribution is -2.36. The third kappa shape index (κ3) is 4.59. The van der Waals surface area contributed by atoms with Crippen molar-refractivity contribution in [2.24, 2.45) is 5.92 Å². The van der Waals surface area contributed by atoms with E-state index in [1.165, 1.54) is 17.1 Å². The molecule has 7 heteroatoms. The number of nitrogens with zero attached hydrogens (tertiary/aromatic N) is 2. The first-order valence-corrected chi connectivity index (χ1v) is 8.04. The summed E-state index contributed by atoms with van der Waals surface area (Å²) < 4.78 is 28.5. The van der Waals surface area contributed by atoms with Crippen molar-refractivity contribution in [3.05, 3.63) is 12.4 Å². The first-order chi connectivity index (χ1) is 8.90. The number of nitrogens with one attached hydrogen (secondary N) is 1. The number of aromatic nitrogens is 2. The fraction of sp³-hybridized carbons (Fsp3) is 0.750. The van der Waals surface area contributed by atoms with Crippen molar-refractivity contribution >= 4 is 10.0 Å². The molecule has 0 aromatic carbocycles. The fourth-order valence-corrected chi connectivity index (χ4v) is 2.93. The highest BCUT2D eigenvalue weighted by Crippen LogP contribution is 2.12. The number of aliphatic hydroxyl groups is 1. The molecule has 0 bridgehead atoms. The van der Waals surface area contributed by atoms with Crippen LogP contribution in [0.15, 0.2) is 17.3 Å². The zero-order valence-corrected chi connectivity index (χ0v) is 12.5. The lowest BCUT2D eigenvalue weighted by molar-refractivity contribution is 0.277. The summed E-state index contributed by atoms with van der Waals surface area (Å²) in [6.45, 7) is 6.47. The molecule has 1 heterocycles. The molecule has 0 aliphatic heterocycles. The number of rotatable bonds is 8. The van der Waals surface area contributed by atoms with E-state index >= 15 is 0 Å². The quantitative estimate of drug-likeness (QED) is 0.747. The van der Waals surface area contributed by atoms with Crippen LogP contribution in [-0.4, -0.2) is 36.0 Å². The zero-order chi connectivity index (χ0) is 14.5. The molecule has 0 spiro atoms. The highest BCUT2D eigenvalue weighted by Gasteiger charge is 2.21. The van der Waals surface area contributed by atoms with Gasteiger partial charge in [0.25, 0.3) is 0 Å². The maximum absolute atomic E-state index is 12.1. The molecule has 0 radical (unpaired) electrons. The average Bonchev–Trinajstić information content (AvgIpc) is 2.84. The molecule has 6 nitrogen and oxygen atoms in total. The zero-order valence-electron chi connectivity index (χ0n) is 11.7. The molecular weight excluding hydrogens is 266 g/mol. The molecular formula is C12H23N3O3S. The van der Waals surface area contributed by atoms with Crippen LogP contribution in [0, 0.1) is 5.92 Å². The second kappa shape index (κ2) is 7.02.